The number of aryl methyl sites for hydroxylation is 1. The van der Waals surface area contributed by atoms with Crippen molar-refractivity contribution in [3.05, 3.63) is 23.0 Å². The smallest absolute Gasteiger partial charge is 0.270 e. The number of nitrogens with zero attached hydrogens (tertiary/aromatic N) is 2. The molecule has 0 aromatic carbocycles. The first kappa shape index (κ1) is 15.4. The molecule has 1 unspecified atom stereocenters. The SMILES string of the molecule is CCCn1cc(Cl)cc1C(=O)N1CCCC(CCO)C1. The maximum Gasteiger partial charge on any atom is 0.270 e. The number of hydrogen-bond donors (Lipinski definition) is 1. The number of carbonyl (C=O) groups is 1. The number of rotatable bonds is 5. The van der Waals surface area contributed by atoms with Gasteiger partial charge in [-0.15, -0.1) is 0 Å². The van der Waals surface area contributed by atoms with Crippen LogP contribution in [0.5, 0.6) is 0 Å². The minimum Gasteiger partial charge on any atom is -0.396 e. The standard InChI is InChI=1S/C15H23ClN2O2/c1-2-6-17-11-13(16)9-14(17)15(20)18-7-3-4-12(10-18)5-8-19/h9,11-12,19H,2-8,10H2,1H3. The number of aliphatic hydroxyl groups is 1. The van der Waals surface area contributed by atoms with Gasteiger partial charge in [-0.25, -0.2) is 0 Å². The molecule has 0 aliphatic carbocycles. The molecule has 1 aromatic heterocycles. The number of halogens is 1. The quantitative estimate of drug-likeness (QED) is 0.908. The van der Waals surface area contributed by atoms with Crippen molar-refractivity contribution in [3.63, 3.8) is 0 Å². The molecule has 1 aliphatic heterocycles. The lowest BCUT2D eigenvalue weighted by molar-refractivity contribution is 0.0642. The Morgan fingerprint density at radius 1 is 1.55 bits per heavy atom. The van der Waals surface area contributed by atoms with Crippen molar-refractivity contribution in [1.82, 2.24) is 9.47 Å². The molecule has 112 valence electrons. The largest absolute Gasteiger partial charge is 0.396 e. The molecule has 0 radical (unpaired) electrons. The summed E-state index contributed by atoms with van der Waals surface area (Å²) in [6, 6.07) is 1.76. The van der Waals surface area contributed by atoms with Crippen LogP contribution in [0.4, 0.5) is 0 Å². The Kier molecular flexibility index (Phi) is 5.49. The first-order chi connectivity index (χ1) is 9.65. The Balaban J connectivity index is 2.10. The minimum atomic E-state index is 0.0630. The van der Waals surface area contributed by atoms with Gasteiger partial charge in [-0.3, -0.25) is 4.79 Å². The molecule has 0 bridgehead atoms. The van der Waals surface area contributed by atoms with Crippen LogP contribution in [-0.2, 0) is 6.54 Å². The van der Waals surface area contributed by atoms with Crippen LogP contribution in [0, 0.1) is 5.92 Å². The van der Waals surface area contributed by atoms with E-state index in [4.69, 9.17) is 16.7 Å². The molecule has 2 rings (SSSR count). The number of hydrogen-bond acceptors (Lipinski definition) is 2. The van der Waals surface area contributed by atoms with Gasteiger partial charge >= 0.3 is 0 Å². The summed E-state index contributed by atoms with van der Waals surface area (Å²) in [7, 11) is 0. The molecule has 1 aromatic rings. The van der Waals surface area contributed by atoms with Crippen molar-refractivity contribution < 1.29 is 9.90 Å². The summed E-state index contributed by atoms with van der Waals surface area (Å²) < 4.78 is 1.94. The van der Waals surface area contributed by atoms with E-state index in [1.807, 2.05) is 15.7 Å². The predicted octanol–water partition coefficient (Wildman–Crippen LogP) is 2.79. The Morgan fingerprint density at radius 3 is 3.05 bits per heavy atom. The fraction of sp³-hybridized carbons (Fsp3) is 0.667. The van der Waals surface area contributed by atoms with Gasteiger partial charge in [0.25, 0.3) is 5.91 Å². The molecule has 4 nitrogen and oxygen atoms in total. The Bertz CT molecular complexity index is 457. The number of aliphatic hydroxyl groups excluding tert-OH is 1. The third-order valence-electron chi connectivity index (χ3n) is 3.89. The molecule has 1 N–H and O–H groups in total. The van der Waals surface area contributed by atoms with Gasteiger partial charge in [0.05, 0.1) is 5.02 Å². The van der Waals surface area contributed by atoms with E-state index in [2.05, 4.69) is 6.92 Å². The maximum atomic E-state index is 12.6. The van der Waals surface area contributed by atoms with Crippen LogP contribution in [0.15, 0.2) is 12.3 Å². The third kappa shape index (κ3) is 3.55. The van der Waals surface area contributed by atoms with Gasteiger partial charge in [0.2, 0.25) is 0 Å². The van der Waals surface area contributed by atoms with Gasteiger partial charge in [0.1, 0.15) is 5.69 Å². The molecule has 0 saturated carbocycles. The molecule has 1 fully saturated rings. The molecular weight excluding hydrogens is 276 g/mol. The summed E-state index contributed by atoms with van der Waals surface area (Å²) in [5.41, 5.74) is 0.682. The minimum absolute atomic E-state index is 0.0630. The van der Waals surface area contributed by atoms with Crippen LogP contribution < -0.4 is 0 Å². The van der Waals surface area contributed by atoms with E-state index in [1.165, 1.54) is 0 Å². The second kappa shape index (κ2) is 7.14. The molecule has 1 atom stereocenters. The zero-order valence-corrected chi connectivity index (χ0v) is 12.8. The van der Waals surface area contributed by atoms with Crippen LogP contribution in [-0.4, -0.2) is 40.2 Å². The van der Waals surface area contributed by atoms with Crippen molar-refractivity contribution in [2.24, 2.45) is 5.92 Å². The van der Waals surface area contributed by atoms with E-state index in [-0.39, 0.29) is 12.5 Å². The van der Waals surface area contributed by atoms with E-state index in [9.17, 15) is 4.79 Å². The maximum absolute atomic E-state index is 12.6. The molecule has 5 heteroatoms. The zero-order valence-electron chi connectivity index (χ0n) is 12.0. The number of amides is 1. The highest BCUT2D eigenvalue weighted by Gasteiger charge is 2.26. The van der Waals surface area contributed by atoms with Gasteiger partial charge in [-0.05, 0) is 37.7 Å². The molecule has 20 heavy (non-hydrogen) atoms. The Morgan fingerprint density at radius 2 is 2.35 bits per heavy atom. The summed E-state index contributed by atoms with van der Waals surface area (Å²) in [5, 5.41) is 9.67. The van der Waals surface area contributed by atoms with E-state index in [0.717, 1.165) is 45.3 Å². The van der Waals surface area contributed by atoms with Gasteiger partial charge in [-0.1, -0.05) is 18.5 Å². The van der Waals surface area contributed by atoms with Crippen molar-refractivity contribution in [3.8, 4) is 0 Å². The zero-order chi connectivity index (χ0) is 14.5. The number of likely N-dealkylation sites (tertiary alicyclic amines) is 1. The highest BCUT2D eigenvalue weighted by Crippen LogP contribution is 2.23. The van der Waals surface area contributed by atoms with Crippen LogP contribution in [0.3, 0.4) is 0 Å². The highest BCUT2D eigenvalue weighted by molar-refractivity contribution is 6.31. The average molecular weight is 299 g/mol. The summed E-state index contributed by atoms with van der Waals surface area (Å²) in [6.07, 6.45) is 5.69. The van der Waals surface area contributed by atoms with Crippen LogP contribution in [0.1, 0.15) is 43.1 Å². The van der Waals surface area contributed by atoms with Crippen molar-refractivity contribution >= 4 is 17.5 Å². The van der Waals surface area contributed by atoms with Gasteiger partial charge in [0.15, 0.2) is 0 Å². The van der Waals surface area contributed by atoms with Gasteiger partial charge in [-0.2, -0.15) is 0 Å². The number of carbonyl (C=O) groups excluding carboxylic acids is 1. The van der Waals surface area contributed by atoms with E-state index in [1.54, 1.807) is 6.07 Å². The second-order valence-corrected chi connectivity index (χ2v) is 5.95. The molecule has 1 amide bonds. The average Bonchev–Trinajstić information content (AvgIpc) is 2.80. The van der Waals surface area contributed by atoms with E-state index < -0.39 is 0 Å². The van der Waals surface area contributed by atoms with Crippen molar-refractivity contribution in [2.75, 3.05) is 19.7 Å². The van der Waals surface area contributed by atoms with Crippen molar-refractivity contribution in [1.29, 1.82) is 0 Å². The number of piperidine rings is 1. The van der Waals surface area contributed by atoms with Crippen molar-refractivity contribution in [2.45, 2.75) is 39.2 Å². The first-order valence-corrected chi connectivity index (χ1v) is 7.79. The monoisotopic (exact) mass is 298 g/mol. The topological polar surface area (TPSA) is 45.5 Å². The molecule has 0 spiro atoms. The fourth-order valence-corrected chi connectivity index (χ4v) is 3.13. The molecule has 2 heterocycles. The molecule has 1 aliphatic rings. The number of aromatic nitrogens is 1. The lowest BCUT2D eigenvalue weighted by Gasteiger charge is -2.32. The van der Waals surface area contributed by atoms with Gasteiger partial charge in [0, 0.05) is 32.4 Å². The van der Waals surface area contributed by atoms with Crippen LogP contribution >= 0.6 is 11.6 Å². The first-order valence-electron chi connectivity index (χ1n) is 7.41. The Labute approximate surface area is 125 Å². The summed E-state index contributed by atoms with van der Waals surface area (Å²) >= 11 is 6.04. The summed E-state index contributed by atoms with van der Waals surface area (Å²) in [4.78, 5) is 14.5. The van der Waals surface area contributed by atoms with E-state index >= 15 is 0 Å². The summed E-state index contributed by atoms with van der Waals surface area (Å²) in [5.74, 6) is 0.482. The fourth-order valence-electron chi connectivity index (χ4n) is 2.91. The van der Waals surface area contributed by atoms with Gasteiger partial charge < -0.3 is 14.6 Å². The lowest BCUT2D eigenvalue weighted by atomic mass is 9.95. The van der Waals surface area contributed by atoms with Crippen LogP contribution in [0.2, 0.25) is 5.02 Å². The molecule has 1 saturated heterocycles. The van der Waals surface area contributed by atoms with Crippen LogP contribution in [0.25, 0.3) is 0 Å². The second-order valence-electron chi connectivity index (χ2n) is 5.51. The predicted molar refractivity (Wildman–Crippen MR) is 80.1 cm³/mol. The highest BCUT2D eigenvalue weighted by atomic mass is 35.5. The summed E-state index contributed by atoms with van der Waals surface area (Å²) in [6.45, 7) is 4.64. The van der Waals surface area contributed by atoms with E-state index in [0.29, 0.717) is 16.6 Å². The molecular formula is C15H23ClN2O2. The Hall–Kier alpha value is -1.00. The third-order valence-corrected chi connectivity index (χ3v) is 4.10. The normalized spacial score (nSPS) is 19.4. The lowest BCUT2D eigenvalue weighted by Crippen LogP contribution is -2.40.